The highest BCUT2D eigenvalue weighted by Gasteiger charge is 2.11. The highest BCUT2D eigenvalue weighted by molar-refractivity contribution is 5.18. The van der Waals surface area contributed by atoms with Gasteiger partial charge in [0.1, 0.15) is 5.75 Å². The van der Waals surface area contributed by atoms with Gasteiger partial charge in [0.15, 0.2) is 0 Å². The summed E-state index contributed by atoms with van der Waals surface area (Å²) in [6.45, 7) is 3.93. The Labute approximate surface area is 97.2 Å². The summed E-state index contributed by atoms with van der Waals surface area (Å²) in [7, 11) is 0. The minimum atomic E-state index is 0.646. The molecule has 0 aliphatic carbocycles. The maximum atomic E-state index is 5.66. The van der Waals surface area contributed by atoms with Gasteiger partial charge in [-0.25, -0.2) is 0 Å². The maximum absolute atomic E-state index is 5.66. The largest absolute Gasteiger partial charge is 0.492 e. The summed E-state index contributed by atoms with van der Waals surface area (Å²) in [4.78, 5) is 4.20. The molecule has 0 radical (unpaired) electrons. The molecule has 0 bridgehead atoms. The highest BCUT2D eigenvalue weighted by atomic mass is 16.5. The van der Waals surface area contributed by atoms with Crippen LogP contribution >= 0.6 is 0 Å². The van der Waals surface area contributed by atoms with E-state index in [4.69, 9.17) is 4.74 Å². The summed E-state index contributed by atoms with van der Waals surface area (Å²) in [5.74, 6) is 0.876. The van der Waals surface area contributed by atoms with E-state index in [2.05, 4.69) is 10.3 Å². The molecule has 1 aliphatic heterocycles. The lowest BCUT2D eigenvalue weighted by Crippen LogP contribution is -2.35. The predicted octanol–water partition coefficient (Wildman–Crippen LogP) is 2.30. The van der Waals surface area contributed by atoms with Crippen molar-refractivity contribution in [1.29, 1.82) is 0 Å². The summed E-state index contributed by atoms with van der Waals surface area (Å²) in [5, 5.41) is 3.52. The molecular formula is C13H20N2O. The number of nitrogens with zero attached hydrogens (tertiary/aromatic N) is 1. The van der Waals surface area contributed by atoms with Gasteiger partial charge in [-0.05, 0) is 44.9 Å². The van der Waals surface area contributed by atoms with Gasteiger partial charge in [-0.15, -0.1) is 0 Å². The van der Waals surface area contributed by atoms with Gasteiger partial charge in [-0.1, -0.05) is 6.42 Å². The quantitative estimate of drug-likeness (QED) is 0.845. The van der Waals surface area contributed by atoms with Gasteiger partial charge >= 0.3 is 0 Å². The van der Waals surface area contributed by atoms with E-state index in [-0.39, 0.29) is 0 Å². The summed E-state index contributed by atoms with van der Waals surface area (Å²) in [5.41, 5.74) is 1.03. The molecular weight excluding hydrogens is 200 g/mol. The molecule has 0 spiro atoms. The molecule has 1 N–H and O–H groups in total. The molecule has 0 amide bonds. The van der Waals surface area contributed by atoms with Crippen molar-refractivity contribution in [2.75, 3.05) is 13.2 Å². The first-order valence-corrected chi connectivity index (χ1v) is 6.13. The molecule has 16 heavy (non-hydrogen) atoms. The zero-order valence-electron chi connectivity index (χ0n) is 9.91. The number of ether oxygens (including phenoxy) is 1. The van der Waals surface area contributed by atoms with Gasteiger partial charge in [0.25, 0.3) is 0 Å². The minimum absolute atomic E-state index is 0.646. The van der Waals surface area contributed by atoms with E-state index in [9.17, 15) is 0 Å². The van der Waals surface area contributed by atoms with E-state index >= 15 is 0 Å². The Morgan fingerprint density at radius 1 is 1.44 bits per heavy atom. The Kier molecular flexibility index (Phi) is 4.17. The summed E-state index contributed by atoms with van der Waals surface area (Å²) in [6.07, 6.45) is 6.84. The Morgan fingerprint density at radius 2 is 2.38 bits per heavy atom. The summed E-state index contributed by atoms with van der Waals surface area (Å²) in [6, 6.07) is 4.61. The molecule has 1 fully saturated rings. The van der Waals surface area contributed by atoms with E-state index < -0.39 is 0 Å². The fraction of sp³-hybridized carbons (Fsp3) is 0.615. The van der Waals surface area contributed by atoms with Crippen LogP contribution in [-0.4, -0.2) is 24.2 Å². The fourth-order valence-electron chi connectivity index (χ4n) is 2.03. The standard InChI is InChI=1S/C13H20N2O/c1-11-5-6-13(10-15-11)16-9-7-12-4-2-3-8-14-12/h5-6,10,12,14H,2-4,7-9H2,1H3. The van der Waals surface area contributed by atoms with Crippen LogP contribution in [0.5, 0.6) is 5.75 Å². The number of aryl methyl sites for hydroxylation is 1. The second-order valence-electron chi connectivity index (χ2n) is 4.42. The Bertz CT molecular complexity index is 304. The van der Waals surface area contributed by atoms with Crippen molar-refractivity contribution in [1.82, 2.24) is 10.3 Å². The van der Waals surface area contributed by atoms with Crippen LogP contribution in [0.2, 0.25) is 0 Å². The molecule has 1 atom stereocenters. The van der Waals surface area contributed by atoms with Crippen molar-refractivity contribution < 1.29 is 4.74 Å². The van der Waals surface area contributed by atoms with Crippen molar-refractivity contribution in [3.05, 3.63) is 24.0 Å². The van der Waals surface area contributed by atoms with Gasteiger partial charge in [-0.3, -0.25) is 4.98 Å². The number of aromatic nitrogens is 1. The molecule has 1 unspecified atom stereocenters. The molecule has 2 heterocycles. The third-order valence-corrected chi connectivity index (χ3v) is 3.03. The average Bonchev–Trinajstić information content (AvgIpc) is 2.33. The van der Waals surface area contributed by atoms with Gasteiger partial charge in [0.05, 0.1) is 12.8 Å². The zero-order chi connectivity index (χ0) is 11.2. The van der Waals surface area contributed by atoms with E-state index in [1.54, 1.807) is 6.20 Å². The van der Waals surface area contributed by atoms with Crippen LogP contribution in [0.15, 0.2) is 18.3 Å². The van der Waals surface area contributed by atoms with Crippen molar-refractivity contribution in [3.8, 4) is 5.75 Å². The number of nitrogens with one attached hydrogen (secondary N) is 1. The molecule has 0 aromatic carbocycles. The number of hydrogen-bond acceptors (Lipinski definition) is 3. The molecule has 3 heteroatoms. The average molecular weight is 220 g/mol. The second-order valence-corrected chi connectivity index (χ2v) is 4.42. The Hall–Kier alpha value is -1.09. The lowest BCUT2D eigenvalue weighted by atomic mass is 10.0. The number of pyridine rings is 1. The monoisotopic (exact) mass is 220 g/mol. The van der Waals surface area contributed by atoms with Gasteiger partial charge in [0.2, 0.25) is 0 Å². The number of hydrogen-bond donors (Lipinski definition) is 1. The Balaban J connectivity index is 1.69. The molecule has 0 saturated carbocycles. The third kappa shape index (κ3) is 3.49. The molecule has 2 rings (SSSR count). The van der Waals surface area contributed by atoms with Crippen LogP contribution in [0.1, 0.15) is 31.4 Å². The topological polar surface area (TPSA) is 34.1 Å². The summed E-state index contributed by atoms with van der Waals surface area (Å²) < 4.78 is 5.66. The van der Waals surface area contributed by atoms with E-state index in [1.807, 2.05) is 19.1 Å². The van der Waals surface area contributed by atoms with Gasteiger partial charge in [0, 0.05) is 11.7 Å². The van der Waals surface area contributed by atoms with Crippen LogP contribution < -0.4 is 10.1 Å². The lowest BCUT2D eigenvalue weighted by Gasteiger charge is -2.23. The first-order valence-electron chi connectivity index (χ1n) is 6.13. The normalized spacial score (nSPS) is 20.7. The lowest BCUT2D eigenvalue weighted by molar-refractivity contribution is 0.267. The van der Waals surface area contributed by atoms with Gasteiger partial charge in [-0.2, -0.15) is 0 Å². The van der Waals surface area contributed by atoms with Crippen molar-refractivity contribution in [3.63, 3.8) is 0 Å². The first kappa shape index (κ1) is 11.4. The Morgan fingerprint density at radius 3 is 3.06 bits per heavy atom. The second kappa shape index (κ2) is 5.85. The van der Waals surface area contributed by atoms with Crippen LogP contribution in [0, 0.1) is 6.92 Å². The van der Waals surface area contributed by atoms with E-state index in [0.717, 1.165) is 31.0 Å². The minimum Gasteiger partial charge on any atom is -0.492 e. The fourth-order valence-corrected chi connectivity index (χ4v) is 2.03. The SMILES string of the molecule is Cc1ccc(OCCC2CCCCN2)cn1. The van der Waals surface area contributed by atoms with E-state index in [0.29, 0.717) is 6.04 Å². The first-order chi connectivity index (χ1) is 7.84. The van der Waals surface area contributed by atoms with Crippen LogP contribution in [0.3, 0.4) is 0 Å². The van der Waals surface area contributed by atoms with Crippen LogP contribution in [0.25, 0.3) is 0 Å². The van der Waals surface area contributed by atoms with Gasteiger partial charge < -0.3 is 10.1 Å². The third-order valence-electron chi connectivity index (χ3n) is 3.03. The maximum Gasteiger partial charge on any atom is 0.137 e. The predicted molar refractivity (Wildman–Crippen MR) is 64.7 cm³/mol. The van der Waals surface area contributed by atoms with Crippen LogP contribution in [-0.2, 0) is 0 Å². The van der Waals surface area contributed by atoms with Crippen molar-refractivity contribution >= 4 is 0 Å². The zero-order valence-corrected chi connectivity index (χ0v) is 9.91. The number of piperidine rings is 1. The molecule has 1 aliphatic rings. The molecule has 88 valence electrons. The molecule has 1 aromatic heterocycles. The molecule has 1 aromatic rings. The smallest absolute Gasteiger partial charge is 0.137 e. The number of rotatable bonds is 4. The molecule has 3 nitrogen and oxygen atoms in total. The molecule has 1 saturated heterocycles. The van der Waals surface area contributed by atoms with Crippen molar-refractivity contribution in [2.45, 2.75) is 38.6 Å². The summed E-state index contributed by atoms with van der Waals surface area (Å²) >= 11 is 0. The highest BCUT2D eigenvalue weighted by Crippen LogP contribution is 2.12. The van der Waals surface area contributed by atoms with Crippen molar-refractivity contribution in [2.24, 2.45) is 0 Å². The van der Waals surface area contributed by atoms with E-state index in [1.165, 1.54) is 19.3 Å². The van der Waals surface area contributed by atoms with Crippen LogP contribution in [0.4, 0.5) is 0 Å².